The minimum absolute atomic E-state index is 0.0641. The molecule has 0 radical (unpaired) electrons. The van der Waals surface area contributed by atoms with Crippen LogP contribution in [0.2, 0.25) is 0 Å². The molecule has 0 atom stereocenters. The predicted molar refractivity (Wildman–Crippen MR) is 121 cm³/mol. The number of aryl methyl sites for hydroxylation is 2. The summed E-state index contributed by atoms with van der Waals surface area (Å²) in [5, 5.41) is 2.88. The molecule has 8 nitrogen and oxygen atoms in total. The highest BCUT2D eigenvalue weighted by atomic mass is 32.2. The second kappa shape index (κ2) is 7.90. The number of benzene rings is 2. The molecule has 4 rings (SSSR count). The molecule has 2 N–H and O–H groups in total. The molecule has 0 saturated heterocycles. The highest BCUT2D eigenvalue weighted by molar-refractivity contribution is 7.92. The lowest BCUT2D eigenvalue weighted by atomic mass is 10.00. The van der Waals surface area contributed by atoms with Crippen LogP contribution in [0.5, 0.6) is 5.88 Å². The number of anilines is 1. The first-order valence-electron chi connectivity index (χ1n) is 10.1. The summed E-state index contributed by atoms with van der Waals surface area (Å²) in [6.07, 6.45) is 0. The summed E-state index contributed by atoms with van der Waals surface area (Å²) in [6, 6.07) is 13.4. The van der Waals surface area contributed by atoms with Crippen molar-refractivity contribution in [3.63, 3.8) is 0 Å². The monoisotopic (exact) mass is 452 g/mol. The lowest BCUT2D eigenvalue weighted by Crippen LogP contribution is -2.47. The van der Waals surface area contributed by atoms with Gasteiger partial charge in [0.1, 0.15) is 6.61 Å². The fourth-order valence-electron chi connectivity index (χ4n) is 3.54. The number of ether oxygens (including phenoxy) is 1. The number of amides is 1. The molecule has 0 aliphatic carbocycles. The van der Waals surface area contributed by atoms with Crippen LogP contribution in [0, 0.1) is 13.8 Å². The van der Waals surface area contributed by atoms with Crippen LogP contribution in [-0.2, 0) is 10.0 Å². The van der Waals surface area contributed by atoms with E-state index in [1.54, 1.807) is 12.1 Å². The Labute approximate surface area is 187 Å². The zero-order chi connectivity index (χ0) is 23.1. The van der Waals surface area contributed by atoms with E-state index in [2.05, 4.69) is 20.0 Å². The first kappa shape index (κ1) is 21.8. The van der Waals surface area contributed by atoms with Gasteiger partial charge in [-0.05, 0) is 57.0 Å². The van der Waals surface area contributed by atoms with E-state index in [-0.39, 0.29) is 28.9 Å². The Bertz CT molecular complexity index is 1300. The van der Waals surface area contributed by atoms with Crippen molar-refractivity contribution in [1.29, 1.82) is 0 Å². The van der Waals surface area contributed by atoms with Crippen molar-refractivity contribution >= 4 is 21.9 Å². The van der Waals surface area contributed by atoms with E-state index < -0.39 is 21.5 Å². The van der Waals surface area contributed by atoms with Crippen LogP contribution in [0.25, 0.3) is 11.3 Å². The average molecular weight is 453 g/mol. The standard InChI is InChI=1S/C23H24N4O4S/c1-14-7-5-8-15(2)20(14)18-12-19-25-22(24-18)27-32(29,30)17-10-6-9-16(11-17)21(28)26-23(3,4)13-31-19/h5-12H,13H2,1-4H3,(H,26,28)(H,24,25,27). The van der Waals surface area contributed by atoms with Crippen molar-refractivity contribution in [3.8, 4) is 17.1 Å². The highest BCUT2D eigenvalue weighted by Crippen LogP contribution is 2.29. The summed E-state index contributed by atoms with van der Waals surface area (Å²) >= 11 is 0. The molecule has 1 aromatic heterocycles. The fraction of sp³-hybridized carbons (Fsp3) is 0.261. The Hall–Kier alpha value is -3.46. The zero-order valence-electron chi connectivity index (χ0n) is 18.3. The highest BCUT2D eigenvalue weighted by Gasteiger charge is 2.26. The van der Waals surface area contributed by atoms with Gasteiger partial charge in [-0.3, -0.25) is 4.79 Å². The third-order valence-corrected chi connectivity index (χ3v) is 6.43. The fourth-order valence-corrected chi connectivity index (χ4v) is 4.53. The predicted octanol–water partition coefficient (Wildman–Crippen LogP) is 3.46. The van der Waals surface area contributed by atoms with E-state index in [1.807, 2.05) is 45.9 Å². The third kappa shape index (κ3) is 4.43. The summed E-state index contributed by atoms with van der Waals surface area (Å²) in [5.41, 5.74) is 2.87. The van der Waals surface area contributed by atoms with Crippen molar-refractivity contribution in [2.45, 2.75) is 38.1 Å². The van der Waals surface area contributed by atoms with Crippen LogP contribution in [-0.4, -0.2) is 36.4 Å². The van der Waals surface area contributed by atoms with Crippen molar-refractivity contribution in [2.75, 3.05) is 11.3 Å². The normalized spacial score (nSPS) is 16.9. The van der Waals surface area contributed by atoms with Crippen molar-refractivity contribution in [2.24, 2.45) is 0 Å². The van der Waals surface area contributed by atoms with Gasteiger partial charge in [-0.15, -0.1) is 0 Å². The lowest BCUT2D eigenvalue weighted by molar-refractivity contribution is 0.0878. The van der Waals surface area contributed by atoms with Gasteiger partial charge in [-0.2, -0.15) is 4.98 Å². The second-order valence-electron chi connectivity index (χ2n) is 8.44. The van der Waals surface area contributed by atoms with Gasteiger partial charge < -0.3 is 10.1 Å². The summed E-state index contributed by atoms with van der Waals surface area (Å²) in [4.78, 5) is 21.4. The number of fused-ring (bicyclic) bond motifs is 4. The van der Waals surface area contributed by atoms with E-state index in [0.29, 0.717) is 5.69 Å². The van der Waals surface area contributed by atoms with E-state index in [0.717, 1.165) is 16.7 Å². The molecule has 1 aliphatic heterocycles. The van der Waals surface area contributed by atoms with E-state index >= 15 is 0 Å². The van der Waals surface area contributed by atoms with Crippen molar-refractivity contribution in [3.05, 3.63) is 65.2 Å². The Morgan fingerprint density at radius 3 is 2.41 bits per heavy atom. The molecular weight excluding hydrogens is 428 g/mol. The van der Waals surface area contributed by atoms with Crippen LogP contribution in [0.4, 0.5) is 5.95 Å². The first-order chi connectivity index (χ1) is 15.0. The topological polar surface area (TPSA) is 110 Å². The maximum Gasteiger partial charge on any atom is 0.264 e. The number of nitrogens with one attached hydrogen (secondary N) is 2. The lowest BCUT2D eigenvalue weighted by Gasteiger charge is -2.26. The van der Waals surface area contributed by atoms with Crippen LogP contribution in [0.3, 0.4) is 0 Å². The van der Waals surface area contributed by atoms with Gasteiger partial charge in [0.15, 0.2) is 0 Å². The summed E-state index contributed by atoms with van der Waals surface area (Å²) in [6.45, 7) is 7.67. The molecule has 9 heteroatoms. The Balaban J connectivity index is 1.89. The number of sulfonamides is 1. The number of hydrogen-bond acceptors (Lipinski definition) is 6. The van der Waals surface area contributed by atoms with Crippen LogP contribution < -0.4 is 14.8 Å². The number of hydrogen-bond donors (Lipinski definition) is 2. The first-order valence-corrected chi connectivity index (χ1v) is 11.6. The number of nitrogens with zero attached hydrogens (tertiary/aromatic N) is 2. The summed E-state index contributed by atoms with van der Waals surface area (Å²) in [5.74, 6) is -0.311. The van der Waals surface area contributed by atoms with Gasteiger partial charge in [0.2, 0.25) is 11.8 Å². The van der Waals surface area contributed by atoms with Crippen molar-refractivity contribution in [1.82, 2.24) is 15.3 Å². The second-order valence-corrected chi connectivity index (χ2v) is 10.1. The number of aromatic nitrogens is 2. The summed E-state index contributed by atoms with van der Waals surface area (Å²) in [7, 11) is -4.04. The maximum absolute atomic E-state index is 13.0. The van der Waals surface area contributed by atoms with Gasteiger partial charge >= 0.3 is 0 Å². The number of carbonyl (C=O) groups excluding carboxylic acids is 1. The Morgan fingerprint density at radius 1 is 1.00 bits per heavy atom. The van der Waals surface area contributed by atoms with Crippen molar-refractivity contribution < 1.29 is 17.9 Å². The molecule has 0 saturated carbocycles. The molecule has 0 spiro atoms. The smallest absolute Gasteiger partial charge is 0.264 e. The van der Waals surface area contributed by atoms with Gasteiger partial charge in [-0.1, -0.05) is 24.3 Å². The molecule has 4 bridgehead atoms. The molecule has 1 aliphatic rings. The van der Waals surface area contributed by atoms with Gasteiger partial charge in [0.05, 0.1) is 16.1 Å². The number of rotatable bonds is 1. The summed E-state index contributed by atoms with van der Waals surface area (Å²) < 4.78 is 34.4. The minimum atomic E-state index is -4.04. The molecule has 0 fully saturated rings. The Kier molecular flexibility index (Phi) is 5.37. The third-order valence-electron chi connectivity index (χ3n) is 5.10. The molecule has 2 aromatic carbocycles. The van der Waals surface area contributed by atoms with Crippen LogP contribution >= 0.6 is 0 Å². The largest absolute Gasteiger partial charge is 0.475 e. The minimum Gasteiger partial charge on any atom is -0.475 e. The zero-order valence-corrected chi connectivity index (χ0v) is 19.1. The Morgan fingerprint density at radius 2 is 1.69 bits per heavy atom. The molecule has 32 heavy (non-hydrogen) atoms. The van der Waals surface area contributed by atoms with E-state index in [9.17, 15) is 13.2 Å². The van der Waals surface area contributed by atoms with Crippen LogP contribution in [0.1, 0.15) is 35.3 Å². The van der Waals surface area contributed by atoms with E-state index in [1.165, 1.54) is 18.2 Å². The molecule has 1 amide bonds. The number of carbonyl (C=O) groups is 1. The molecule has 0 unspecified atom stereocenters. The maximum atomic E-state index is 13.0. The van der Waals surface area contributed by atoms with E-state index in [4.69, 9.17) is 4.74 Å². The quantitative estimate of drug-likeness (QED) is 0.585. The molecule has 3 aromatic rings. The van der Waals surface area contributed by atoms with Gasteiger partial charge in [0.25, 0.3) is 15.9 Å². The molecular formula is C23H24N4O4S. The van der Waals surface area contributed by atoms with Gasteiger partial charge in [0, 0.05) is 17.2 Å². The molecule has 166 valence electrons. The van der Waals surface area contributed by atoms with Gasteiger partial charge in [-0.25, -0.2) is 18.1 Å². The SMILES string of the molecule is Cc1cccc(C)c1-c1cc2nc(n1)NS(=O)(=O)c1cccc(c1)C(=O)NC(C)(C)CO2. The average Bonchev–Trinajstić information content (AvgIpc) is 2.71. The van der Waals surface area contributed by atoms with Crippen LogP contribution in [0.15, 0.2) is 53.4 Å². The molecule has 2 heterocycles.